The number of benzene rings is 3. The second kappa shape index (κ2) is 8.53. The molecule has 1 aromatic heterocycles. The predicted octanol–water partition coefficient (Wildman–Crippen LogP) is 5.34. The maximum atomic E-state index is 12.4. The van der Waals surface area contributed by atoms with Gasteiger partial charge in [0.2, 0.25) is 0 Å². The topological polar surface area (TPSA) is 80.6 Å². The SMILES string of the molecule is CCOc1ccc(NC(=O)c2ccc(NC(=O)c3cc4ccccc4o3)cc2)cc1. The average Bonchev–Trinajstić information content (AvgIpc) is 3.20. The normalized spacial score (nSPS) is 10.6. The third-order valence-electron chi connectivity index (χ3n) is 4.48. The summed E-state index contributed by atoms with van der Waals surface area (Å²) in [7, 11) is 0. The van der Waals surface area contributed by atoms with Gasteiger partial charge in [0.05, 0.1) is 6.61 Å². The highest BCUT2D eigenvalue weighted by Gasteiger charge is 2.13. The first-order valence-electron chi connectivity index (χ1n) is 9.56. The molecule has 0 aliphatic heterocycles. The van der Waals surface area contributed by atoms with Gasteiger partial charge in [0, 0.05) is 22.3 Å². The Hall–Kier alpha value is -4.06. The van der Waals surface area contributed by atoms with Crippen molar-refractivity contribution >= 4 is 34.2 Å². The molecule has 0 atom stereocenters. The summed E-state index contributed by atoms with van der Waals surface area (Å²) in [6, 6.07) is 22.9. The minimum Gasteiger partial charge on any atom is -0.494 e. The van der Waals surface area contributed by atoms with Crippen LogP contribution in [0, 0.1) is 0 Å². The quantitative estimate of drug-likeness (QED) is 0.458. The van der Waals surface area contributed by atoms with Crippen molar-refractivity contribution in [3.63, 3.8) is 0 Å². The molecule has 0 unspecified atom stereocenters. The molecular formula is C24H20N2O4. The monoisotopic (exact) mass is 400 g/mol. The van der Waals surface area contributed by atoms with Gasteiger partial charge < -0.3 is 19.8 Å². The molecule has 0 fully saturated rings. The van der Waals surface area contributed by atoms with Crippen LogP contribution in [0.25, 0.3) is 11.0 Å². The zero-order chi connectivity index (χ0) is 20.9. The van der Waals surface area contributed by atoms with Crippen LogP contribution in [0.3, 0.4) is 0 Å². The van der Waals surface area contributed by atoms with Gasteiger partial charge in [-0.25, -0.2) is 0 Å². The third-order valence-corrected chi connectivity index (χ3v) is 4.48. The molecule has 0 bridgehead atoms. The maximum Gasteiger partial charge on any atom is 0.291 e. The number of amides is 2. The van der Waals surface area contributed by atoms with Gasteiger partial charge in [0.25, 0.3) is 11.8 Å². The summed E-state index contributed by atoms with van der Waals surface area (Å²) in [6.07, 6.45) is 0. The van der Waals surface area contributed by atoms with E-state index in [1.54, 1.807) is 54.6 Å². The third kappa shape index (κ3) is 4.33. The number of carbonyl (C=O) groups excluding carboxylic acids is 2. The van der Waals surface area contributed by atoms with E-state index in [0.717, 1.165) is 11.1 Å². The van der Waals surface area contributed by atoms with Crippen LogP contribution in [0.2, 0.25) is 0 Å². The lowest BCUT2D eigenvalue weighted by Crippen LogP contribution is -2.13. The lowest BCUT2D eigenvalue weighted by molar-refractivity contribution is 0.0997. The first-order chi connectivity index (χ1) is 14.6. The van der Waals surface area contributed by atoms with Crippen LogP contribution in [-0.4, -0.2) is 18.4 Å². The van der Waals surface area contributed by atoms with Crippen molar-refractivity contribution in [2.24, 2.45) is 0 Å². The largest absolute Gasteiger partial charge is 0.494 e. The van der Waals surface area contributed by atoms with Crippen molar-refractivity contribution in [3.05, 3.63) is 90.2 Å². The van der Waals surface area contributed by atoms with Crippen LogP contribution >= 0.6 is 0 Å². The number of carbonyl (C=O) groups is 2. The second-order valence-electron chi connectivity index (χ2n) is 6.59. The first-order valence-corrected chi connectivity index (χ1v) is 9.56. The fourth-order valence-electron chi connectivity index (χ4n) is 3.00. The Kier molecular flexibility index (Phi) is 5.48. The van der Waals surface area contributed by atoms with Crippen LogP contribution in [0.1, 0.15) is 27.8 Å². The highest BCUT2D eigenvalue weighted by Crippen LogP contribution is 2.21. The van der Waals surface area contributed by atoms with E-state index < -0.39 is 0 Å². The number of hydrogen-bond acceptors (Lipinski definition) is 4. The molecule has 3 aromatic carbocycles. The van der Waals surface area contributed by atoms with Crippen molar-refractivity contribution in [2.45, 2.75) is 6.92 Å². The van der Waals surface area contributed by atoms with Gasteiger partial charge in [-0.2, -0.15) is 0 Å². The van der Waals surface area contributed by atoms with Crippen molar-refractivity contribution in [3.8, 4) is 5.75 Å². The van der Waals surface area contributed by atoms with E-state index in [1.807, 2.05) is 31.2 Å². The predicted molar refractivity (Wildman–Crippen MR) is 116 cm³/mol. The Bertz CT molecular complexity index is 1150. The van der Waals surface area contributed by atoms with E-state index >= 15 is 0 Å². The van der Waals surface area contributed by atoms with Crippen molar-refractivity contribution < 1.29 is 18.7 Å². The molecule has 0 radical (unpaired) electrons. The number of anilines is 2. The molecule has 150 valence electrons. The molecular weight excluding hydrogens is 380 g/mol. The van der Waals surface area contributed by atoms with Gasteiger partial charge in [0.15, 0.2) is 5.76 Å². The Morgan fingerprint density at radius 2 is 1.47 bits per heavy atom. The van der Waals surface area contributed by atoms with E-state index in [0.29, 0.717) is 29.1 Å². The number of para-hydroxylation sites is 1. The molecule has 0 aliphatic rings. The molecule has 2 amide bonds. The molecule has 0 aliphatic carbocycles. The summed E-state index contributed by atoms with van der Waals surface area (Å²) in [6.45, 7) is 2.50. The summed E-state index contributed by atoms with van der Waals surface area (Å²) < 4.78 is 11.0. The maximum absolute atomic E-state index is 12.4. The van der Waals surface area contributed by atoms with Gasteiger partial charge in [0.1, 0.15) is 11.3 Å². The number of hydrogen-bond donors (Lipinski definition) is 2. The van der Waals surface area contributed by atoms with Gasteiger partial charge in [-0.15, -0.1) is 0 Å². The lowest BCUT2D eigenvalue weighted by Gasteiger charge is -2.08. The fraction of sp³-hybridized carbons (Fsp3) is 0.0833. The van der Waals surface area contributed by atoms with Crippen LogP contribution in [0.5, 0.6) is 5.75 Å². The molecule has 4 aromatic rings. The van der Waals surface area contributed by atoms with Gasteiger partial charge in [-0.3, -0.25) is 9.59 Å². The Morgan fingerprint density at radius 1 is 0.833 bits per heavy atom. The number of rotatable bonds is 6. The van der Waals surface area contributed by atoms with Crippen molar-refractivity contribution in [1.82, 2.24) is 0 Å². The molecule has 30 heavy (non-hydrogen) atoms. The smallest absolute Gasteiger partial charge is 0.291 e. The van der Waals surface area contributed by atoms with Crippen LogP contribution in [0.15, 0.2) is 83.3 Å². The van der Waals surface area contributed by atoms with Crippen LogP contribution in [0.4, 0.5) is 11.4 Å². The van der Waals surface area contributed by atoms with Gasteiger partial charge >= 0.3 is 0 Å². The number of ether oxygens (including phenoxy) is 1. The molecule has 0 saturated carbocycles. The highest BCUT2D eigenvalue weighted by atomic mass is 16.5. The molecule has 0 saturated heterocycles. The minimum atomic E-state index is -0.349. The van der Waals surface area contributed by atoms with Crippen molar-refractivity contribution in [2.75, 3.05) is 17.2 Å². The minimum absolute atomic E-state index is 0.230. The first kappa shape index (κ1) is 19.3. The summed E-state index contributed by atoms with van der Waals surface area (Å²) in [4.78, 5) is 24.9. The summed E-state index contributed by atoms with van der Waals surface area (Å²) in [5.74, 6) is 0.390. The average molecular weight is 400 g/mol. The van der Waals surface area contributed by atoms with Gasteiger partial charge in [-0.1, -0.05) is 18.2 Å². The van der Waals surface area contributed by atoms with E-state index in [2.05, 4.69) is 10.6 Å². The summed E-state index contributed by atoms with van der Waals surface area (Å²) >= 11 is 0. The Balaban J connectivity index is 1.39. The molecule has 0 spiro atoms. The van der Waals surface area contributed by atoms with E-state index in [-0.39, 0.29) is 17.6 Å². The molecule has 4 rings (SSSR count). The fourth-order valence-corrected chi connectivity index (χ4v) is 3.00. The Labute approximate surface area is 173 Å². The van der Waals surface area contributed by atoms with E-state index in [9.17, 15) is 9.59 Å². The zero-order valence-corrected chi connectivity index (χ0v) is 16.3. The molecule has 1 heterocycles. The summed E-state index contributed by atoms with van der Waals surface area (Å²) in [5.41, 5.74) is 2.37. The number of furan rings is 1. The summed E-state index contributed by atoms with van der Waals surface area (Å²) in [5, 5.41) is 6.47. The Morgan fingerprint density at radius 3 is 2.13 bits per heavy atom. The lowest BCUT2D eigenvalue weighted by atomic mass is 10.2. The number of fused-ring (bicyclic) bond motifs is 1. The molecule has 6 heteroatoms. The molecule has 6 nitrogen and oxygen atoms in total. The van der Waals surface area contributed by atoms with Crippen LogP contribution in [-0.2, 0) is 0 Å². The van der Waals surface area contributed by atoms with Crippen LogP contribution < -0.4 is 15.4 Å². The number of nitrogens with one attached hydrogen (secondary N) is 2. The van der Waals surface area contributed by atoms with E-state index in [1.165, 1.54) is 0 Å². The standard InChI is InChI=1S/C24H20N2O4/c1-2-29-20-13-11-19(12-14-20)25-23(27)16-7-9-18(10-8-16)26-24(28)22-15-17-5-3-4-6-21(17)30-22/h3-15H,2H2,1H3,(H,25,27)(H,26,28). The van der Waals surface area contributed by atoms with E-state index in [4.69, 9.17) is 9.15 Å². The zero-order valence-electron chi connectivity index (χ0n) is 16.3. The van der Waals surface area contributed by atoms with Crippen molar-refractivity contribution in [1.29, 1.82) is 0 Å². The second-order valence-corrected chi connectivity index (χ2v) is 6.59. The highest BCUT2D eigenvalue weighted by molar-refractivity contribution is 6.06. The molecule has 2 N–H and O–H groups in total. The van der Waals surface area contributed by atoms with Gasteiger partial charge in [-0.05, 0) is 67.6 Å².